The van der Waals surface area contributed by atoms with Gasteiger partial charge in [0.15, 0.2) is 0 Å². The van der Waals surface area contributed by atoms with E-state index in [9.17, 15) is 0 Å². The van der Waals surface area contributed by atoms with Gasteiger partial charge in [-0.15, -0.1) is 34.8 Å². The second-order valence-electron chi connectivity index (χ2n) is 10.3. The third-order valence-corrected chi connectivity index (χ3v) is 8.79. The molecule has 2 aliphatic carbocycles. The van der Waals surface area contributed by atoms with Crippen molar-refractivity contribution in [1.82, 2.24) is 0 Å². The van der Waals surface area contributed by atoms with Crippen molar-refractivity contribution in [2.45, 2.75) is 78.9 Å². The quantitative estimate of drug-likeness (QED) is 0.374. The molecule has 0 amide bonds. The largest absolute Gasteiger partial charge is 0.370 e. The molecule has 0 N–H and O–H groups in total. The van der Waals surface area contributed by atoms with E-state index < -0.39 is 0 Å². The third-order valence-electron chi connectivity index (χ3n) is 7.58. The van der Waals surface area contributed by atoms with Crippen LogP contribution in [0.1, 0.15) is 67.2 Å². The van der Waals surface area contributed by atoms with Crippen molar-refractivity contribution in [2.75, 3.05) is 17.6 Å². The van der Waals surface area contributed by atoms with E-state index in [-0.39, 0.29) is 11.7 Å². The number of alkyl halides is 3. The van der Waals surface area contributed by atoms with Gasteiger partial charge in [-0.25, -0.2) is 0 Å². The van der Waals surface area contributed by atoms with Gasteiger partial charge < -0.3 is 4.74 Å². The van der Waals surface area contributed by atoms with Crippen molar-refractivity contribution >= 4 is 34.8 Å². The van der Waals surface area contributed by atoms with E-state index in [1.165, 1.54) is 12.8 Å². The SMILES string of the molecule is CC1CCC(C(C)C)C(CCl)(O[C@H]2C(CCl)C(C(C)C)[C@H](CCl)C[C@H]2C)C1. The molecule has 0 spiro atoms. The van der Waals surface area contributed by atoms with Gasteiger partial charge >= 0.3 is 0 Å². The van der Waals surface area contributed by atoms with Crippen LogP contribution in [0.4, 0.5) is 0 Å². The normalized spacial score (nSPS) is 43.4. The van der Waals surface area contributed by atoms with Crippen LogP contribution in [0.15, 0.2) is 0 Å². The van der Waals surface area contributed by atoms with Gasteiger partial charge in [-0.05, 0) is 60.7 Å². The number of halogens is 3. The Hall–Kier alpha value is 0.830. The average molecular weight is 440 g/mol. The Morgan fingerprint density at radius 1 is 0.963 bits per heavy atom. The molecule has 8 atom stereocenters. The molecule has 2 rings (SSSR count). The van der Waals surface area contributed by atoms with E-state index in [4.69, 9.17) is 39.5 Å². The van der Waals surface area contributed by atoms with Gasteiger partial charge in [0.1, 0.15) is 0 Å². The summed E-state index contributed by atoms with van der Waals surface area (Å²) in [6.45, 7) is 14.0. The van der Waals surface area contributed by atoms with E-state index in [0.29, 0.717) is 59.1 Å². The highest BCUT2D eigenvalue weighted by Crippen LogP contribution is 2.50. The van der Waals surface area contributed by atoms with Crippen LogP contribution in [-0.4, -0.2) is 29.3 Å². The molecule has 0 aromatic rings. The zero-order valence-corrected chi connectivity index (χ0v) is 20.5. The summed E-state index contributed by atoms with van der Waals surface area (Å²) in [5.41, 5.74) is -0.216. The minimum absolute atomic E-state index is 0.180. The molecule has 4 heteroatoms. The summed E-state index contributed by atoms with van der Waals surface area (Å²) in [6.07, 6.45) is 4.89. The standard InChI is InChI=1S/C23H41Cl3O/c1-14(2)20-8-7-16(5)10-23(20,13-26)27-22-17(6)9-18(11-24)21(15(3)4)19(22)12-25/h14-22H,7-13H2,1-6H3/t16?,17-,18+,19?,20?,21?,22-,23?/m1/s1. The predicted octanol–water partition coefficient (Wildman–Crippen LogP) is 7.46. The monoisotopic (exact) mass is 438 g/mol. The van der Waals surface area contributed by atoms with E-state index in [1.807, 2.05) is 0 Å². The maximum Gasteiger partial charge on any atom is 0.0854 e. The Kier molecular flexibility index (Phi) is 9.13. The summed E-state index contributed by atoms with van der Waals surface area (Å²) < 4.78 is 7.14. The van der Waals surface area contributed by atoms with Gasteiger partial charge in [0, 0.05) is 17.7 Å². The highest BCUT2D eigenvalue weighted by atomic mass is 35.5. The summed E-state index contributed by atoms with van der Waals surface area (Å²) in [7, 11) is 0. The van der Waals surface area contributed by atoms with Crippen LogP contribution in [0.3, 0.4) is 0 Å². The van der Waals surface area contributed by atoms with Gasteiger partial charge in [-0.2, -0.15) is 0 Å². The van der Waals surface area contributed by atoms with E-state index in [2.05, 4.69) is 41.5 Å². The molecule has 0 aromatic carbocycles. The fourth-order valence-corrected chi connectivity index (χ4v) is 7.54. The molecule has 0 radical (unpaired) electrons. The Morgan fingerprint density at radius 2 is 1.63 bits per heavy atom. The molecular formula is C23H41Cl3O. The summed E-state index contributed by atoms with van der Waals surface area (Å²) in [6, 6.07) is 0. The van der Waals surface area contributed by atoms with Crippen LogP contribution in [0.25, 0.3) is 0 Å². The second-order valence-corrected chi connectivity index (χ2v) is 11.2. The molecule has 0 aromatic heterocycles. The van der Waals surface area contributed by atoms with Gasteiger partial charge in [-0.1, -0.05) is 48.0 Å². The molecule has 5 unspecified atom stereocenters. The molecule has 0 bridgehead atoms. The lowest BCUT2D eigenvalue weighted by molar-refractivity contribution is -0.198. The Balaban J connectivity index is 2.34. The van der Waals surface area contributed by atoms with E-state index in [1.54, 1.807) is 0 Å². The second kappa shape index (κ2) is 10.2. The molecule has 0 saturated heterocycles. The molecule has 1 nitrogen and oxygen atoms in total. The van der Waals surface area contributed by atoms with Crippen molar-refractivity contribution in [3.63, 3.8) is 0 Å². The first-order valence-corrected chi connectivity index (χ1v) is 12.7. The summed E-state index contributed by atoms with van der Waals surface area (Å²) in [5, 5.41) is 0. The minimum atomic E-state index is -0.216. The number of hydrogen-bond acceptors (Lipinski definition) is 1. The van der Waals surface area contributed by atoms with E-state index >= 15 is 0 Å². The van der Waals surface area contributed by atoms with Crippen LogP contribution < -0.4 is 0 Å². The Labute approximate surface area is 183 Å². The molecule has 2 fully saturated rings. The zero-order chi connectivity index (χ0) is 20.4. The first-order valence-electron chi connectivity index (χ1n) is 11.1. The molecule has 27 heavy (non-hydrogen) atoms. The van der Waals surface area contributed by atoms with Crippen molar-refractivity contribution in [2.24, 2.45) is 47.3 Å². The van der Waals surface area contributed by atoms with Gasteiger partial charge in [-0.3, -0.25) is 0 Å². The molecule has 2 aliphatic rings. The Bertz CT molecular complexity index is 455. The third kappa shape index (κ3) is 5.12. The number of ether oxygens (including phenoxy) is 1. The fraction of sp³-hybridized carbons (Fsp3) is 1.00. The predicted molar refractivity (Wildman–Crippen MR) is 120 cm³/mol. The summed E-state index contributed by atoms with van der Waals surface area (Å²) in [5.74, 6) is 6.17. The maximum absolute atomic E-state index is 7.14. The van der Waals surface area contributed by atoms with E-state index in [0.717, 1.165) is 18.7 Å². The molecule has 160 valence electrons. The Morgan fingerprint density at radius 3 is 2.11 bits per heavy atom. The first-order chi connectivity index (χ1) is 12.7. The van der Waals surface area contributed by atoms with Gasteiger partial charge in [0.05, 0.1) is 17.6 Å². The van der Waals surface area contributed by atoms with Crippen LogP contribution in [0.2, 0.25) is 0 Å². The number of hydrogen-bond donors (Lipinski definition) is 0. The van der Waals surface area contributed by atoms with Gasteiger partial charge in [0.25, 0.3) is 0 Å². The van der Waals surface area contributed by atoms with Crippen molar-refractivity contribution < 1.29 is 4.74 Å². The van der Waals surface area contributed by atoms with Crippen LogP contribution in [-0.2, 0) is 4.74 Å². The van der Waals surface area contributed by atoms with Crippen LogP contribution >= 0.6 is 34.8 Å². The van der Waals surface area contributed by atoms with Crippen molar-refractivity contribution in [1.29, 1.82) is 0 Å². The summed E-state index contributed by atoms with van der Waals surface area (Å²) in [4.78, 5) is 0. The number of rotatable bonds is 7. The van der Waals surface area contributed by atoms with Crippen molar-refractivity contribution in [3.8, 4) is 0 Å². The lowest BCUT2D eigenvalue weighted by Gasteiger charge is -2.54. The van der Waals surface area contributed by atoms with Crippen molar-refractivity contribution in [3.05, 3.63) is 0 Å². The lowest BCUT2D eigenvalue weighted by atomic mass is 9.63. The molecule has 0 heterocycles. The lowest BCUT2D eigenvalue weighted by Crippen LogP contribution is -2.56. The minimum Gasteiger partial charge on any atom is -0.370 e. The summed E-state index contributed by atoms with van der Waals surface area (Å²) >= 11 is 19.6. The topological polar surface area (TPSA) is 9.23 Å². The fourth-order valence-electron chi connectivity index (χ4n) is 6.46. The smallest absolute Gasteiger partial charge is 0.0854 e. The van der Waals surface area contributed by atoms with Crippen LogP contribution in [0, 0.1) is 47.3 Å². The van der Waals surface area contributed by atoms with Crippen LogP contribution in [0.5, 0.6) is 0 Å². The first kappa shape index (κ1) is 24.1. The highest BCUT2D eigenvalue weighted by molar-refractivity contribution is 6.19. The zero-order valence-electron chi connectivity index (χ0n) is 18.2. The molecule has 2 saturated carbocycles. The average Bonchev–Trinajstić information content (AvgIpc) is 2.61. The molecule has 0 aliphatic heterocycles. The highest BCUT2D eigenvalue weighted by Gasteiger charge is 2.51. The molecular weight excluding hydrogens is 399 g/mol. The maximum atomic E-state index is 7.14. The van der Waals surface area contributed by atoms with Gasteiger partial charge in [0.2, 0.25) is 0 Å².